The summed E-state index contributed by atoms with van der Waals surface area (Å²) in [6, 6.07) is 0. The fraction of sp³-hybridized carbons (Fsp3) is 0.857. The van der Waals surface area contributed by atoms with Gasteiger partial charge in [0.15, 0.2) is 0 Å². The minimum absolute atomic E-state index is 0.239. The maximum Gasteiger partial charge on any atom is 0.0284 e. The number of rotatable bonds is 1. The van der Waals surface area contributed by atoms with Crippen LogP contribution in [0.25, 0.3) is 0 Å². The summed E-state index contributed by atoms with van der Waals surface area (Å²) in [4.78, 5) is 0. The van der Waals surface area contributed by atoms with Gasteiger partial charge >= 0.3 is 0 Å². The van der Waals surface area contributed by atoms with Crippen LogP contribution in [0, 0.1) is 5.41 Å². The molecule has 0 saturated heterocycles. The van der Waals surface area contributed by atoms with Gasteiger partial charge in [-0.15, -0.1) is 0 Å². The zero-order chi connectivity index (χ0) is 7.49. The Morgan fingerprint density at radius 3 is 1.89 bits per heavy atom. The van der Waals surface area contributed by atoms with Crippen molar-refractivity contribution in [3.63, 3.8) is 0 Å². The van der Waals surface area contributed by atoms with E-state index in [4.69, 9.17) is 0 Å². The number of nitrogens with zero attached hydrogens (tertiary/aromatic N) is 1. The van der Waals surface area contributed by atoms with E-state index in [2.05, 4.69) is 32.1 Å². The smallest absolute Gasteiger partial charge is 0.0284 e. The van der Waals surface area contributed by atoms with Gasteiger partial charge in [0, 0.05) is 17.4 Å². The summed E-state index contributed by atoms with van der Waals surface area (Å²) < 4.78 is 4.23. The van der Waals surface area contributed by atoms with Crippen molar-refractivity contribution >= 4 is 17.7 Å². The first-order chi connectivity index (χ1) is 3.98. The van der Waals surface area contributed by atoms with Crippen LogP contribution in [0.3, 0.4) is 0 Å². The van der Waals surface area contributed by atoms with Crippen molar-refractivity contribution in [3.05, 3.63) is 0 Å². The fourth-order valence-corrected chi connectivity index (χ4v) is 0.822. The van der Waals surface area contributed by atoms with Gasteiger partial charge in [0.1, 0.15) is 0 Å². The monoisotopic (exact) mass is 145 g/mol. The van der Waals surface area contributed by atoms with E-state index in [1.54, 1.807) is 0 Å². The van der Waals surface area contributed by atoms with Gasteiger partial charge in [-0.1, -0.05) is 20.8 Å². The summed E-state index contributed by atoms with van der Waals surface area (Å²) in [5.41, 5.74) is 1.44. The fourth-order valence-electron chi connectivity index (χ4n) is 0.274. The van der Waals surface area contributed by atoms with E-state index in [0.717, 1.165) is 0 Å². The van der Waals surface area contributed by atoms with Crippen LogP contribution in [0.15, 0.2) is 4.40 Å². The van der Waals surface area contributed by atoms with Crippen molar-refractivity contribution in [2.75, 3.05) is 6.26 Å². The predicted octanol–water partition coefficient (Wildman–Crippen LogP) is 2.77. The van der Waals surface area contributed by atoms with Crippen molar-refractivity contribution < 1.29 is 0 Å². The van der Waals surface area contributed by atoms with Gasteiger partial charge in [-0.25, -0.2) is 4.40 Å². The molecule has 0 amide bonds. The summed E-state index contributed by atoms with van der Waals surface area (Å²) in [6.07, 6.45) is 1.98. The average molecular weight is 145 g/mol. The van der Waals surface area contributed by atoms with Gasteiger partial charge in [-0.05, 0) is 18.9 Å². The van der Waals surface area contributed by atoms with Gasteiger partial charge < -0.3 is 0 Å². The van der Waals surface area contributed by atoms with E-state index in [0.29, 0.717) is 0 Å². The number of hydrogen-bond acceptors (Lipinski definition) is 2. The molecule has 0 aromatic carbocycles. The van der Waals surface area contributed by atoms with Gasteiger partial charge in [0.05, 0.1) is 0 Å². The van der Waals surface area contributed by atoms with Gasteiger partial charge in [-0.2, -0.15) is 0 Å². The molecule has 0 spiro atoms. The molecule has 0 aromatic rings. The summed E-state index contributed by atoms with van der Waals surface area (Å²) in [5, 5.41) is 0. The molecule has 0 bridgehead atoms. The topological polar surface area (TPSA) is 12.4 Å². The second-order valence-electron chi connectivity index (χ2n) is 3.11. The van der Waals surface area contributed by atoms with Crippen molar-refractivity contribution in [1.82, 2.24) is 0 Å². The minimum atomic E-state index is 0.239. The third-order valence-corrected chi connectivity index (χ3v) is 1.77. The van der Waals surface area contributed by atoms with E-state index in [9.17, 15) is 0 Å². The molecule has 0 rings (SSSR count). The van der Waals surface area contributed by atoms with Crippen LogP contribution < -0.4 is 0 Å². The third kappa shape index (κ3) is 3.57. The Balaban J connectivity index is 4.03. The molecule has 1 nitrogen and oxygen atoms in total. The molecule has 0 aromatic heterocycles. The molecule has 0 fully saturated rings. The molecular formula is C7H15NS. The lowest BCUT2D eigenvalue weighted by molar-refractivity contribution is 0.590. The number of hydrogen-bond donors (Lipinski definition) is 0. The Hall–Kier alpha value is 0.0200. The van der Waals surface area contributed by atoms with Crippen LogP contribution in [-0.2, 0) is 0 Å². The van der Waals surface area contributed by atoms with Crippen LogP contribution in [0.5, 0.6) is 0 Å². The molecular weight excluding hydrogens is 130 g/mol. The van der Waals surface area contributed by atoms with Crippen molar-refractivity contribution in [1.29, 1.82) is 0 Å². The lowest BCUT2D eigenvalue weighted by Gasteiger charge is -2.16. The van der Waals surface area contributed by atoms with Crippen molar-refractivity contribution in [2.24, 2.45) is 9.81 Å². The molecule has 0 radical (unpaired) electrons. The highest BCUT2D eigenvalue weighted by molar-refractivity contribution is 7.97. The highest BCUT2D eigenvalue weighted by Gasteiger charge is 2.13. The summed E-state index contributed by atoms with van der Waals surface area (Å²) in [7, 11) is 0. The molecule has 0 unspecified atom stereocenters. The quantitative estimate of drug-likeness (QED) is 0.408. The van der Waals surface area contributed by atoms with E-state index in [1.165, 1.54) is 17.7 Å². The SMILES string of the molecule is CSN=C(C)C(C)(C)C. The Morgan fingerprint density at radius 2 is 1.78 bits per heavy atom. The lowest BCUT2D eigenvalue weighted by atomic mass is 9.91. The van der Waals surface area contributed by atoms with Crippen LogP contribution in [0.4, 0.5) is 0 Å². The maximum atomic E-state index is 4.23. The first-order valence-corrected chi connectivity index (χ1v) is 4.25. The van der Waals surface area contributed by atoms with Crippen LogP contribution in [0.1, 0.15) is 27.7 Å². The molecule has 0 heterocycles. The van der Waals surface area contributed by atoms with Crippen LogP contribution in [0.2, 0.25) is 0 Å². The first-order valence-electron chi connectivity index (χ1n) is 3.06. The second kappa shape index (κ2) is 3.25. The molecule has 54 valence electrons. The van der Waals surface area contributed by atoms with Crippen molar-refractivity contribution in [3.8, 4) is 0 Å². The maximum absolute atomic E-state index is 4.23. The van der Waals surface area contributed by atoms with E-state index >= 15 is 0 Å². The molecule has 0 atom stereocenters. The molecule has 0 saturated carbocycles. The molecule has 0 N–H and O–H groups in total. The molecule has 9 heavy (non-hydrogen) atoms. The molecule has 0 aliphatic heterocycles. The predicted molar refractivity (Wildman–Crippen MR) is 46.1 cm³/mol. The second-order valence-corrected chi connectivity index (χ2v) is 3.66. The normalized spacial score (nSPS) is 14.1. The summed E-state index contributed by atoms with van der Waals surface area (Å²) in [6.45, 7) is 8.57. The van der Waals surface area contributed by atoms with Crippen LogP contribution in [-0.4, -0.2) is 12.0 Å². The Labute approximate surface area is 62.1 Å². The highest BCUT2D eigenvalue weighted by atomic mass is 32.2. The first kappa shape index (κ1) is 9.02. The molecule has 0 aliphatic rings. The summed E-state index contributed by atoms with van der Waals surface area (Å²) in [5.74, 6) is 0. The Morgan fingerprint density at radius 1 is 1.33 bits per heavy atom. The molecule has 0 aliphatic carbocycles. The van der Waals surface area contributed by atoms with E-state index in [-0.39, 0.29) is 5.41 Å². The minimum Gasteiger partial charge on any atom is -0.226 e. The van der Waals surface area contributed by atoms with E-state index in [1.807, 2.05) is 6.26 Å². The van der Waals surface area contributed by atoms with Gasteiger partial charge in [0.2, 0.25) is 0 Å². The average Bonchev–Trinajstić information content (AvgIpc) is 1.64. The Kier molecular flexibility index (Phi) is 3.26. The zero-order valence-corrected chi connectivity index (χ0v) is 7.67. The summed E-state index contributed by atoms with van der Waals surface area (Å²) >= 11 is 1.52. The third-order valence-electron chi connectivity index (χ3n) is 1.31. The lowest BCUT2D eigenvalue weighted by Crippen LogP contribution is -2.15. The van der Waals surface area contributed by atoms with Crippen molar-refractivity contribution in [2.45, 2.75) is 27.7 Å². The van der Waals surface area contributed by atoms with Crippen LogP contribution >= 0.6 is 11.9 Å². The van der Waals surface area contributed by atoms with E-state index < -0.39 is 0 Å². The van der Waals surface area contributed by atoms with Gasteiger partial charge in [0.25, 0.3) is 0 Å². The largest absolute Gasteiger partial charge is 0.226 e. The Bertz CT molecular complexity index is 111. The molecule has 2 heteroatoms. The zero-order valence-electron chi connectivity index (χ0n) is 6.86. The standard InChI is InChI=1S/C7H15NS/c1-6(8-9-5)7(2,3)4/h1-5H3. The highest BCUT2D eigenvalue weighted by Crippen LogP contribution is 2.17. The van der Waals surface area contributed by atoms with Gasteiger partial charge in [-0.3, -0.25) is 0 Å².